The maximum Gasteiger partial charge on any atom is 0.338 e. The highest BCUT2D eigenvalue weighted by molar-refractivity contribution is 14.1. The van der Waals surface area contributed by atoms with E-state index in [2.05, 4.69) is 51.8 Å². The SMILES string of the molecule is C=C(C)C(=O)Oc1c(I)cc(I)cc1CO. The van der Waals surface area contributed by atoms with Gasteiger partial charge in [0, 0.05) is 14.7 Å². The van der Waals surface area contributed by atoms with Crippen molar-refractivity contribution in [1.82, 2.24) is 0 Å². The molecule has 1 N–H and O–H groups in total. The second-order valence-electron chi connectivity index (χ2n) is 3.20. The summed E-state index contributed by atoms with van der Waals surface area (Å²) in [4.78, 5) is 11.4. The first-order valence-corrected chi connectivity index (χ1v) is 6.58. The Kier molecular flexibility index (Phi) is 5.19. The number of halogens is 2. The molecule has 16 heavy (non-hydrogen) atoms. The summed E-state index contributed by atoms with van der Waals surface area (Å²) in [6.07, 6.45) is 0. The molecule has 5 heteroatoms. The van der Waals surface area contributed by atoms with Crippen LogP contribution in [-0.4, -0.2) is 11.1 Å². The molecule has 0 unspecified atom stereocenters. The first-order valence-electron chi connectivity index (χ1n) is 4.42. The van der Waals surface area contributed by atoms with E-state index < -0.39 is 5.97 Å². The number of hydrogen-bond donors (Lipinski definition) is 1. The summed E-state index contributed by atoms with van der Waals surface area (Å²) in [5, 5.41) is 9.20. The van der Waals surface area contributed by atoms with Crippen molar-refractivity contribution in [3.05, 3.63) is 37.0 Å². The van der Waals surface area contributed by atoms with Gasteiger partial charge >= 0.3 is 5.97 Å². The maximum atomic E-state index is 11.4. The minimum absolute atomic E-state index is 0.161. The standard InChI is InChI=1S/C11H10I2O3/c1-6(2)11(15)16-10-7(5-14)3-8(12)4-9(10)13/h3-4,14H,1,5H2,2H3. The zero-order valence-electron chi connectivity index (χ0n) is 8.59. The summed E-state index contributed by atoms with van der Waals surface area (Å²) in [6.45, 7) is 4.94. The summed E-state index contributed by atoms with van der Waals surface area (Å²) < 4.78 is 6.96. The molecule has 0 saturated carbocycles. The lowest BCUT2D eigenvalue weighted by atomic mass is 10.2. The Balaban J connectivity index is 3.12. The molecule has 0 atom stereocenters. The molecule has 1 aromatic rings. The number of rotatable bonds is 3. The third kappa shape index (κ3) is 3.42. The van der Waals surface area contributed by atoms with Gasteiger partial charge in [-0.2, -0.15) is 0 Å². The normalized spacial score (nSPS) is 10.0. The third-order valence-corrected chi connectivity index (χ3v) is 3.22. The van der Waals surface area contributed by atoms with Gasteiger partial charge < -0.3 is 9.84 Å². The number of esters is 1. The van der Waals surface area contributed by atoms with E-state index in [9.17, 15) is 9.90 Å². The van der Waals surface area contributed by atoms with E-state index in [1.807, 2.05) is 6.07 Å². The maximum absolute atomic E-state index is 11.4. The highest BCUT2D eigenvalue weighted by Gasteiger charge is 2.14. The topological polar surface area (TPSA) is 46.5 Å². The smallest absolute Gasteiger partial charge is 0.338 e. The molecule has 0 aliphatic heterocycles. The molecule has 0 amide bonds. The van der Waals surface area contributed by atoms with Crippen molar-refractivity contribution >= 4 is 51.2 Å². The van der Waals surface area contributed by atoms with Crippen molar-refractivity contribution in [2.45, 2.75) is 13.5 Å². The van der Waals surface area contributed by atoms with Gasteiger partial charge in [0.25, 0.3) is 0 Å². The summed E-state index contributed by atoms with van der Waals surface area (Å²) in [5.74, 6) is -0.0645. The Labute approximate surface area is 121 Å². The number of benzene rings is 1. The predicted octanol–water partition coefficient (Wildman–Crippen LogP) is 2.87. The van der Waals surface area contributed by atoms with Gasteiger partial charge in [0.2, 0.25) is 0 Å². The van der Waals surface area contributed by atoms with Crippen LogP contribution in [0.5, 0.6) is 5.75 Å². The quantitative estimate of drug-likeness (QED) is 0.338. The largest absolute Gasteiger partial charge is 0.422 e. The molecule has 1 rings (SSSR count). The van der Waals surface area contributed by atoms with Gasteiger partial charge in [-0.1, -0.05) is 6.58 Å². The van der Waals surface area contributed by atoms with E-state index in [1.165, 1.54) is 0 Å². The van der Waals surface area contributed by atoms with Gasteiger partial charge in [0.15, 0.2) is 0 Å². The van der Waals surface area contributed by atoms with E-state index in [4.69, 9.17) is 4.74 Å². The molecular weight excluding hydrogens is 434 g/mol. The van der Waals surface area contributed by atoms with E-state index in [0.29, 0.717) is 16.9 Å². The van der Waals surface area contributed by atoms with Crippen LogP contribution in [0.15, 0.2) is 24.3 Å². The second-order valence-corrected chi connectivity index (χ2v) is 5.61. The Bertz CT molecular complexity index is 441. The third-order valence-electron chi connectivity index (χ3n) is 1.80. The zero-order valence-corrected chi connectivity index (χ0v) is 12.9. The molecule has 0 aliphatic rings. The molecule has 1 aromatic carbocycles. The van der Waals surface area contributed by atoms with Crippen molar-refractivity contribution in [1.29, 1.82) is 0 Å². The zero-order chi connectivity index (χ0) is 12.3. The van der Waals surface area contributed by atoms with Crippen LogP contribution in [0, 0.1) is 7.14 Å². The lowest BCUT2D eigenvalue weighted by Crippen LogP contribution is -2.11. The number of aliphatic hydroxyl groups is 1. The average Bonchev–Trinajstić information content (AvgIpc) is 2.21. The Morgan fingerprint density at radius 1 is 1.50 bits per heavy atom. The van der Waals surface area contributed by atoms with E-state index in [0.717, 1.165) is 7.14 Å². The van der Waals surface area contributed by atoms with E-state index >= 15 is 0 Å². The van der Waals surface area contributed by atoms with E-state index in [1.54, 1.807) is 13.0 Å². The van der Waals surface area contributed by atoms with Gasteiger partial charge in [0.05, 0.1) is 10.2 Å². The summed E-state index contributed by atoms with van der Waals surface area (Å²) >= 11 is 4.21. The fourth-order valence-electron chi connectivity index (χ4n) is 1.03. The van der Waals surface area contributed by atoms with Crippen molar-refractivity contribution in [2.75, 3.05) is 0 Å². The fourth-order valence-corrected chi connectivity index (χ4v) is 3.10. The summed E-state index contributed by atoms with van der Waals surface area (Å²) in [6, 6.07) is 3.66. The molecular formula is C11H10I2O3. The van der Waals surface area contributed by atoms with E-state index in [-0.39, 0.29) is 6.61 Å². The first kappa shape index (κ1) is 13.9. The summed E-state index contributed by atoms with van der Waals surface area (Å²) in [7, 11) is 0. The predicted molar refractivity (Wildman–Crippen MR) is 78.2 cm³/mol. The number of ether oxygens (including phenoxy) is 1. The highest BCUT2D eigenvalue weighted by Crippen LogP contribution is 2.29. The second kappa shape index (κ2) is 5.97. The average molecular weight is 444 g/mol. The molecule has 0 aromatic heterocycles. The molecule has 86 valence electrons. The van der Waals surface area contributed by atoms with Gasteiger partial charge in [0.1, 0.15) is 5.75 Å². The molecule has 0 radical (unpaired) electrons. The van der Waals surface area contributed by atoms with Crippen LogP contribution in [-0.2, 0) is 11.4 Å². The first-order chi connectivity index (χ1) is 7.45. The number of carbonyl (C=O) groups is 1. The monoisotopic (exact) mass is 444 g/mol. The molecule has 3 nitrogen and oxygen atoms in total. The van der Waals surface area contributed by atoms with Crippen LogP contribution in [0.3, 0.4) is 0 Å². The van der Waals surface area contributed by atoms with Gasteiger partial charge in [-0.25, -0.2) is 4.79 Å². The van der Waals surface area contributed by atoms with Gasteiger partial charge in [-0.3, -0.25) is 0 Å². The van der Waals surface area contributed by atoms with Crippen molar-refractivity contribution < 1.29 is 14.6 Å². The van der Waals surface area contributed by atoms with Crippen LogP contribution in [0.25, 0.3) is 0 Å². The van der Waals surface area contributed by atoms with Gasteiger partial charge in [-0.15, -0.1) is 0 Å². The molecule has 0 saturated heterocycles. The molecule has 0 aliphatic carbocycles. The molecule has 0 heterocycles. The van der Waals surface area contributed by atoms with Crippen molar-refractivity contribution in [3.8, 4) is 5.75 Å². The molecule has 0 fully saturated rings. The molecule has 0 spiro atoms. The lowest BCUT2D eigenvalue weighted by Gasteiger charge is -2.11. The number of aliphatic hydroxyl groups excluding tert-OH is 1. The number of carbonyl (C=O) groups excluding carboxylic acids is 1. The van der Waals surface area contributed by atoms with Crippen molar-refractivity contribution in [3.63, 3.8) is 0 Å². The van der Waals surface area contributed by atoms with Crippen LogP contribution in [0.4, 0.5) is 0 Å². The van der Waals surface area contributed by atoms with Crippen LogP contribution < -0.4 is 4.74 Å². The van der Waals surface area contributed by atoms with Crippen molar-refractivity contribution in [2.24, 2.45) is 0 Å². The Hall–Kier alpha value is -0.150. The van der Waals surface area contributed by atoms with Crippen LogP contribution in [0.1, 0.15) is 12.5 Å². The minimum atomic E-state index is -0.478. The molecule has 0 bridgehead atoms. The van der Waals surface area contributed by atoms with Gasteiger partial charge in [-0.05, 0) is 64.2 Å². The Morgan fingerprint density at radius 3 is 2.62 bits per heavy atom. The van der Waals surface area contributed by atoms with Crippen LogP contribution in [0.2, 0.25) is 0 Å². The van der Waals surface area contributed by atoms with Crippen LogP contribution >= 0.6 is 45.2 Å². The number of hydrogen-bond acceptors (Lipinski definition) is 3. The fraction of sp³-hybridized carbons (Fsp3) is 0.182. The minimum Gasteiger partial charge on any atom is -0.422 e. The lowest BCUT2D eigenvalue weighted by molar-refractivity contribution is -0.130. The highest BCUT2D eigenvalue weighted by atomic mass is 127. The summed E-state index contributed by atoms with van der Waals surface area (Å²) in [5.41, 5.74) is 0.934. The Morgan fingerprint density at radius 2 is 2.12 bits per heavy atom.